The van der Waals surface area contributed by atoms with E-state index in [1.807, 2.05) is 49.9 Å². The molecule has 146 valence electrons. The van der Waals surface area contributed by atoms with Gasteiger partial charge in [-0.25, -0.2) is 9.79 Å². The Kier molecular flexibility index (Phi) is 8.45. The third-order valence-electron chi connectivity index (χ3n) is 3.84. The Bertz CT molecular complexity index is 606. The van der Waals surface area contributed by atoms with Gasteiger partial charge in [0.2, 0.25) is 0 Å². The van der Waals surface area contributed by atoms with E-state index < -0.39 is 5.60 Å². The molecule has 0 bridgehead atoms. The second kappa shape index (κ2) is 9.84. The summed E-state index contributed by atoms with van der Waals surface area (Å²) in [6, 6.07) is 7.74. The minimum Gasteiger partial charge on any atom is -0.497 e. The van der Waals surface area contributed by atoms with Gasteiger partial charge in [-0.15, -0.1) is 24.0 Å². The van der Waals surface area contributed by atoms with Crippen LogP contribution in [-0.4, -0.2) is 60.7 Å². The molecule has 0 saturated carbocycles. The zero-order valence-electron chi connectivity index (χ0n) is 15.9. The number of methoxy groups -OCH3 is 1. The van der Waals surface area contributed by atoms with Crippen molar-refractivity contribution < 1.29 is 14.3 Å². The highest BCUT2D eigenvalue weighted by Gasteiger charge is 2.26. The minimum atomic E-state index is -0.479. The lowest BCUT2D eigenvalue weighted by Crippen LogP contribution is -2.53. The molecule has 7 nitrogen and oxygen atoms in total. The van der Waals surface area contributed by atoms with Crippen LogP contribution in [0.25, 0.3) is 0 Å². The summed E-state index contributed by atoms with van der Waals surface area (Å²) >= 11 is 0. The monoisotopic (exact) mass is 476 g/mol. The van der Waals surface area contributed by atoms with Gasteiger partial charge in [-0.2, -0.15) is 0 Å². The fraction of sp³-hybridized carbons (Fsp3) is 0.556. The number of piperazine rings is 1. The number of amides is 1. The summed E-state index contributed by atoms with van der Waals surface area (Å²) in [5, 5.41) is 0. The fourth-order valence-corrected chi connectivity index (χ4v) is 2.45. The fourth-order valence-electron chi connectivity index (χ4n) is 2.45. The first-order valence-corrected chi connectivity index (χ1v) is 8.44. The van der Waals surface area contributed by atoms with Crippen LogP contribution in [0, 0.1) is 0 Å². The normalized spacial score (nSPS) is 15.3. The number of nitrogens with two attached hydrogens (primary N) is 1. The van der Waals surface area contributed by atoms with Crippen LogP contribution < -0.4 is 10.5 Å². The molecule has 2 rings (SSSR count). The average Bonchev–Trinajstić information content (AvgIpc) is 2.58. The molecule has 0 spiro atoms. The number of aliphatic imine (C=N–C) groups is 1. The molecule has 0 radical (unpaired) electrons. The van der Waals surface area contributed by atoms with Crippen LogP contribution in [0.15, 0.2) is 29.3 Å². The van der Waals surface area contributed by atoms with Crippen molar-refractivity contribution in [2.24, 2.45) is 10.7 Å². The number of carbonyl (C=O) groups is 1. The molecule has 1 fully saturated rings. The Morgan fingerprint density at radius 2 is 1.65 bits per heavy atom. The number of ether oxygens (including phenoxy) is 2. The zero-order valence-corrected chi connectivity index (χ0v) is 18.2. The Balaban J connectivity index is 0.00000338. The second-order valence-corrected chi connectivity index (χ2v) is 6.98. The van der Waals surface area contributed by atoms with Crippen molar-refractivity contribution in [1.82, 2.24) is 9.80 Å². The summed E-state index contributed by atoms with van der Waals surface area (Å²) in [5.41, 5.74) is 6.68. The van der Waals surface area contributed by atoms with Crippen LogP contribution in [0.5, 0.6) is 5.75 Å². The molecular weight excluding hydrogens is 447 g/mol. The van der Waals surface area contributed by atoms with E-state index >= 15 is 0 Å². The van der Waals surface area contributed by atoms with Gasteiger partial charge >= 0.3 is 6.09 Å². The molecule has 1 saturated heterocycles. The molecule has 26 heavy (non-hydrogen) atoms. The van der Waals surface area contributed by atoms with Crippen LogP contribution in [0.1, 0.15) is 26.3 Å². The third kappa shape index (κ3) is 6.89. The molecule has 8 heteroatoms. The minimum absolute atomic E-state index is 0. The molecule has 1 amide bonds. The van der Waals surface area contributed by atoms with Gasteiger partial charge in [0.1, 0.15) is 11.4 Å². The van der Waals surface area contributed by atoms with E-state index in [9.17, 15) is 4.79 Å². The molecule has 0 unspecified atom stereocenters. The highest BCUT2D eigenvalue weighted by atomic mass is 127. The number of nitrogens with zero attached hydrogens (tertiary/aromatic N) is 3. The average molecular weight is 476 g/mol. The Hall–Kier alpha value is -1.71. The Labute approximate surface area is 172 Å². The lowest BCUT2D eigenvalue weighted by atomic mass is 10.2. The van der Waals surface area contributed by atoms with E-state index in [-0.39, 0.29) is 30.1 Å². The molecule has 1 aromatic carbocycles. The van der Waals surface area contributed by atoms with Gasteiger partial charge in [0.25, 0.3) is 0 Å². The van der Waals surface area contributed by atoms with Gasteiger partial charge in [-0.3, -0.25) is 0 Å². The predicted octanol–water partition coefficient (Wildman–Crippen LogP) is 2.68. The number of rotatable bonds is 3. The molecule has 1 aromatic rings. The molecule has 1 aliphatic rings. The second-order valence-electron chi connectivity index (χ2n) is 6.98. The van der Waals surface area contributed by atoms with Crippen molar-refractivity contribution >= 4 is 36.0 Å². The van der Waals surface area contributed by atoms with Crippen molar-refractivity contribution in [3.05, 3.63) is 29.8 Å². The summed E-state index contributed by atoms with van der Waals surface area (Å²) in [7, 11) is 1.64. The molecule has 2 N–H and O–H groups in total. The summed E-state index contributed by atoms with van der Waals surface area (Å²) < 4.78 is 10.5. The van der Waals surface area contributed by atoms with Crippen molar-refractivity contribution in [3.63, 3.8) is 0 Å². The summed E-state index contributed by atoms with van der Waals surface area (Å²) in [5.74, 6) is 1.32. The van der Waals surface area contributed by atoms with Crippen LogP contribution in [0.2, 0.25) is 0 Å². The maximum absolute atomic E-state index is 12.1. The zero-order chi connectivity index (χ0) is 18.4. The number of benzene rings is 1. The van der Waals surface area contributed by atoms with Crippen LogP contribution >= 0.6 is 24.0 Å². The maximum atomic E-state index is 12.1. The number of halogens is 1. The summed E-state index contributed by atoms with van der Waals surface area (Å²) in [4.78, 5) is 20.2. The number of carbonyl (C=O) groups excluding carboxylic acids is 1. The summed E-state index contributed by atoms with van der Waals surface area (Å²) in [6.45, 7) is 8.57. The summed E-state index contributed by atoms with van der Waals surface area (Å²) in [6.07, 6.45) is -0.277. The van der Waals surface area contributed by atoms with Gasteiger partial charge in [-0.1, -0.05) is 12.1 Å². The van der Waals surface area contributed by atoms with Gasteiger partial charge in [0.15, 0.2) is 5.96 Å². The highest BCUT2D eigenvalue weighted by Crippen LogP contribution is 2.13. The van der Waals surface area contributed by atoms with Crippen molar-refractivity contribution in [2.75, 3.05) is 33.3 Å². The standard InChI is InChI=1S/C18H28N4O3.HI/c1-18(2,3)25-17(23)22-11-9-21(10-12-22)16(19)20-13-14-5-7-15(24-4)8-6-14;/h5-8H,9-13H2,1-4H3,(H2,19,20);1H. The van der Waals surface area contributed by atoms with E-state index in [0.717, 1.165) is 11.3 Å². The largest absolute Gasteiger partial charge is 0.497 e. The van der Waals surface area contributed by atoms with Crippen molar-refractivity contribution in [1.29, 1.82) is 0 Å². The number of guanidine groups is 1. The van der Waals surface area contributed by atoms with Gasteiger partial charge in [0, 0.05) is 26.2 Å². The molecular formula is C18H29IN4O3. The first-order valence-electron chi connectivity index (χ1n) is 8.44. The lowest BCUT2D eigenvalue weighted by Gasteiger charge is -2.36. The van der Waals surface area contributed by atoms with Gasteiger partial charge in [-0.05, 0) is 38.5 Å². The molecule has 0 aliphatic carbocycles. The van der Waals surface area contributed by atoms with E-state index in [4.69, 9.17) is 15.2 Å². The predicted molar refractivity (Wildman–Crippen MR) is 113 cm³/mol. The quantitative estimate of drug-likeness (QED) is 0.412. The van der Waals surface area contributed by atoms with Crippen molar-refractivity contribution in [3.8, 4) is 5.75 Å². The van der Waals surface area contributed by atoms with Crippen LogP contribution in [-0.2, 0) is 11.3 Å². The maximum Gasteiger partial charge on any atom is 0.410 e. The Morgan fingerprint density at radius 1 is 1.12 bits per heavy atom. The molecule has 0 aromatic heterocycles. The van der Waals surface area contributed by atoms with E-state index in [1.165, 1.54) is 0 Å². The first kappa shape index (κ1) is 22.3. The van der Waals surface area contributed by atoms with Gasteiger partial charge in [0.05, 0.1) is 13.7 Å². The number of hydrogen-bond acceptors (Lipinski definition) is 4. The van der Waals surface area contributed by atoms with E-state index in [0.29, 0.717) is 38.7 Å². The lowest BCUT2D eigenvalue weighted by molar-refractivity contribution is 0.0186. The van der Waals surface area contributed by atoms with E-state index in [2.05, 4.69) is 4.99 Å². The molecule has 0 atom stereocenters. The molecule has 1 heterocycles. The first-order chi connectivity index (χ1) is 11.8. The topological polar surface area (TPSA) is 80.4 Å². The molecule has 1 aliphatic heterocycles. The van der Waals surface area contributed by atoms with E-state index in [1.54, 1.807) is 12.0 Å². The van der Waals surface area contributed by atoms with Crippen LogP contribution in [0.4, 0.5) is 4.79 Å². The number of hydrogen-bond donors (Lipinski definition) is 1. The third-order valence-corrected chi connectivity index (χ3v) is 3.84. The van der Waals surface area contributed by atoms with Gasteiger partial charge < -0.3 is 25.0 Å². The van der Waals surface area contributed by atoms with Crippen LogP contribution in [0.3, 0.4) is 0 Å². The SMILES string of the molecule is COc1ccc(CN=C(N)N2CCN(C(=O)OC(C)(C)C)CC2)cc1.I. The Morgan fingerprint density at radius 3 is 2.15 bits per heavy atom. The highest BCUT2D eigenvalue weighted by molar-refractivity contribution is 14.0. The van der Waals surface area contributed by atoms with Crippen molar-refractivity contribution in [2.45, 2.75) is 32.9 Å². The smallest absolute Gasteiger partial charge is 0.410 e.